The molecule has 1 heterocycles. The molecule has 4 rings (SSSR count). The van der Waals surface area contributed by atoms with Crippen LogP contribution in [0, 0.1) is 5.82 Å². The Labute approximate surface area is 184 Å². The van der Waals surface area contributed by atoms with Gasteiger partial charge in [-0.2, -0.15) is 4.98 Å². The van der Waals surface area contributed by atoms with Gasteiger partial charge < -0.3 is 23.5 Å². The van der Waals surface area contributed by atoms with E-state index in [0.29, 0.717) is 46.9 Å². The van der Waals surface area contributed by atoms with Crippen LogP contribution in [0.4, 0.5) is 4.39 Å². The first-order valence-electron chi connectivity index (χ1n) is 9.73. The molecule has 0 bridgehead atoms. The third kappa shape index (κ3) is 4.49. The first kappa shape index (κ1) is 21.2. The van der Waals surface area contributed by atoms with Crippen LogP contribution in [0.2, 0.25) is 0 Å². The summed E-state index contributed by atoms with van der Waals surface area (Å²) in [4.78, 5) is 4.50. The van der Waals surface area contributed by atoms with Gasteiger partial charge in [0.2, 0.25) is 11.6 Å². The number of hydrogen-bond donors (Lipinski definition) is 0. The number of rotatable bonds is 8. The Bertz CT molecular complexity index is 1180. The second-order valence-electron chi connectivity index (χ2n) is 6.78. The number of ether oxygens (including phenoxy) is 4. The molecule has 0 unspecified atom stereocenters. The summed E-state index contributed by atoms with van der Waals surface area (Å²) < 4.78 is 40.5. The largest absolute Gasteiger partial charge is 0.493 e. The molecule has 0 N–H and O–H groups in total. The molecule has 1 aromatic heterocycles. The molecule has 8 heteroatoms. The maximum atomic E-state index is 13.1. The van der Waals surface area contributed by atoms with Gasteiger partial charge in [0.25, 0.3) is 5.89 Å². The molecule has 0 aliphatic rings. The van der Waals surface area contributed by atoms with Crippen LogP contribution in [-0.4, -0.2) is 31.5 Å². The van der Waals surface area contributed by atoms with Crippen LogP contribution in [-0.2, 0) is 6.61 Å². The molecule has 0 aliphatic carbocycles. The number of aromatic nitrogens is 2. The van der Waals surface area contributed by atoms with Gasteiger partial charge in [-0.3, -0.25) is 0 Å². The van der Waals surface area contributed by atoms with E-state index in [0.717, 1.165) is 11.1 Å². The predicted molar refractivity (Wildman–Crippen MR) is 116 cm³/mol. The lowest BCUT2D eigenvalue weighted by molar-refractivity contribution is 0.306. The number of halogens is 1. The summed E-state index contributed by atoms with van der Waals surface area (Å²) in [5.74, 6) is 2.50. The summed E-state index contributed by atoms with van der Waals surface area (Å²) >= 11 is 0. The van der Waals surface area contributed by atoms with Crippen molar-refractivity contribution in [2.75, 3.05) is 21.3 Å². The molecule has 32 heavy (non-hydrogen) atoms. The maximum absolute atomic E-state index is 13.1. The van der Waals surface area contributed by atoms with Crippen LogP contribution in [0.25, 0.3) is 22.8 Å². The van der Waals surface area contributed by atoms with Gasteiger partial charge in [-0.15, -0.1) is 0 Å². The molecule has 0 aliphatic heterocycles. The molecule has 0 radical (unpaired) electrons. The summed E-state index contributed by atoms with van der Waals surface area (Å²) in [6, 6.07) is 17.0. The summed E-state index contributed by atoms with van der Waals surface area (Å²) in [6.45, 7) is 0.312. The van der Waals surface area contributed by atoms with Crippen molar-refractivity contribution in [3.8, 4) is 45.8 Å². The van der Waals surface area contributed by atoms with E-state index in [1.165, 1.54) is 33.5 Å². The zero-order chi connectivity index (χ0) is 22.5. The van der Waals surface area contributed by atoms with Crippen molar-refractivity contribution >= 4 is 0 Å². The van der Waals surface area contributed by atoms with Crippen molar-refractivity contribution in [3.05, 3.63) is 72.0 Å². The van der Waals surface area contributed by atoms with Gasteiger partial charge in [-0.1, -0.05) is 29.4 Å². The molecule has 3 aromatic carbocycles. The molecule has 0 fully saturated rings. The van der Waals surface area contributed by atoms with E-state index in [2.05, 4.69) is 10.1 Å². The monoisotopic (exact) mass is 436 g/mol. The van der Waals surface area contributed by atoms with Gasteiger partial charge in [-0.25, -0.2) is 4.39 Å². The molecule has 0 saturated carbocycles. The summed E-state index contributed by atoms with van der Waals surface area (Å²) in [5.41, 5.74) is 2.21. The van der Waals surface area contributed by atoms with Crippen molar-refractivity contribution < 1.29 is 27.9 Å². The summed E-state index contributed by atoms with van der Waals surface area (Å²) in [5, 5.41) is 4.09. The van der Waals surface area contributed by atoms with Crippen LogP contribution >= 0.6 is 0 Å². The zero-order valence-corrected chi connectivity index (χ0v) is 17.8. The minimum absolute atomic E-state index is 0.282. The lowest BCUT2D eigenvalue weighted by Gasteiger charge is -2.12. The first-order valence-corrected chi connectivity index (χ1v) is 9.73. The smallest absolute Gasteiger partial charge is 0.258 e. The Hall–Kier alpha value is -4.07. The second kappa shape index (κ2) is 9.38. The van der Waals surface area contributed by atoms with E-state index in [4.69, 9.17) is 23.5 Å². The fourth-order valence-corrected chi connectivity index (χ4v) is 3.13. The van der Waals surface area contributed by atoms with E-state index in [1.54, 1.807) is 24.3 Å². The standard InChI is InChI=1S/C24H21FN2O5/c1-28-20-12-17(13-21(29-2)22(20)30-3)24-26-23(27-32-24)16-5-4-6-19(11-16)31-14-15-7-9-18(25)10-8-15/h4-13H,14H2,1-3H3. The molecule has 0 saturated heterocycles. The van der Waals surface area contributed by atoms with E-state index >= 15 is 0 Å². The fraction of sp³-hybridized carbons (Fsp3) is 0.167. The molecule has 0 atom stereocenters. The molecular formula is C24H21FN2O5. The average molecular weight is 436 g/mol. The predicted octanol–water partition coefficient (Wildman–Crippen LogP) is 5.15. The Balaban J connectivity index is 1.56. The van der Waals surface area contributed by atoms with Crippen molar-refractivity contribution in [2.24, 2.45) is 0 Å². The number of methoxy groups -OCH3 is 3. The highest BCUT2D eigenvalue weighted by Gasteiger charge is 2.18. The molecule has 7 nitrogen and oxygen atoms in total. The summed E-state index contributed by atoms with van der Waals surface area (Å²) in [7, 11) is 4.62. The van der Waals surface area contributed by atoms with Gasteiger partial charge in [0, 0.05) is 11.1 Å². The molecule has 164 valence electrons. The minimum Gasteiger partial charge on any atom is -0.493 e. The Morgan fingerprint density at radius 1 is 0.844 bits per heavy atom. The van der Waals surface area contributed by atoms with Gasteiger partial charge in [0.15, 0.2) is 11.5 Å². The van der Waals surface area contributed by atoms with Crippen molar-refractivity contribution in [1.82, 2.24) is 10.1 Å². The van der Waals surface area contributed by atoms with E-state index in [-0.39, 0.29) is 5.82 Å². The van der Waals surface area contributed by atoms with Gasteiger partial charge in [0.05, 0.1) is 21.3 Å². The minimum atomic E-state index is -0.282. The van der Waals surface area contributed by atoms with Crippen LogP contribution in [0.1, 0.15) is 5.56 Å². The van der Waals surface area contributed by atoms with E-state index < -0.39 is 0 Å². The lowest BCUT2D eigenvalue weighted by atomic mass is 10.1. The third-order valence-corrected chi connectivity index (χ3v) is 4.75. The Morgan fingerprint density at radius 2 is 1.56 bits per heavy atom. The lowest BCUT2D eigenvalue weighted by Crippen LogP contribution is -1.96. The van der Waals surface area contributed by atoms with Gasteiger partial charge in [-0.05, 0) is 42.0 Å². The topological polar surface area (TPSA) is 75.8 Å². The number of nitrogens with zero attached hydrogens (tertiary/aromatic N) is 2. The van der Waals surface area contributed by atoms with E-state index in [9.17, 15) is 4.39 Å². The van der Waals surface area contributed by atoms with Crippen LogP contribution in [0.3, 0.4) is 0 Å². The normalized spacial score (nSPS) is 10.6. The van der Waals surface area contributed by atoms with Crippen molar-refractivity contribution in [2.45, 2.75) is 6.61 Å². The summed E-state index contributed by atoms with van der Waals surface area (Å²) in [6.07, 6.45) is 0. The maximum Gasteiger partial charge on any atom is 0.258 e. The van der Waals surface area contributed by atoms with Crippen LogP contribution < -0.4 is 18.9 Å². The average Bonchev–Trinajstić information content (AvgIpc) is 3.33. The highest BCUT2D eigenvalue weighted by molar-refractivity contribution is 5.67. The quantitative estimate of drug-likeness (QED) is 0.378. The highest BCUT2D eigenvalue weighted by atomic mass is 19.1. The first-order chi connectivity index (χ1) is 15.6. The van der Waals surface area contributed by atoms with Crippen molar-refractivity contribution in [3.63, 3.8) is 0 Å². The molecular weight excluding hydrogens is 415 g/mol. The molecule has 0 spiro atoms. The highest BCUT2D eigenvalue weighted by Crippen LogP contribution is 2.41. The van der Waals surface area contributed by atoms with Crippen LogP contribution in [0.15, 0.2) is 65.2 Å². The Morgan fingerprint density at radius 3 is 2.22 bits per heavy atom. The van der Waals surface area contributed by atoms with Gasteiger partial charge in [0.1, 0.15) is 18.2 Å². The Kier molecular flexibility index (Phi) is 6.21. The fourth-order valence-electron chi connectivity index (χ4n) is 3.13. The number of hydrogen-bond acceptors (Lipinski definition) is 7. The zero-order valence-electron chi connectivity index (χ0n) is 17.8. The second-order valence-corrected chi connectivity index (χ2v) is 6.78. The van der Waals surface area contributed by atoms with Crippen LogP contribution in [0.5, 0.6) is 23.0 Å². The number of benzene rings is 3. The molecule has 4 aromatic rings. The van der Waals surface area contributed by atoms with E-state index in [1.807, 2.05) is 24.3 Å². The molecule has 0 amide bonds. The third-order valence-electron chi connectivity index (χ3n) is 4.75. The van der Waals surface area contributed by atoms with Crippen molar-refractivity contribution in [1.29, 1.82) is 0 Å². The van der Waals surface area contributed by atoms with Gasteiger partial charge >= 0.3 is 0 Å². The SMILES string of the molecule is COc1cc(-c2nc(-c3cccc(OCc4ccc(F)cc4)c3)no2)cc(OC)c1OC.